The first kappa shape index (κ1) is 20.6. The lowest BCUT2D eigenvalue weighted by molar-refractivity contribution is -0.384. The molecule has 4 atom stereocenters. The summed E-state index contributed by atoms with van der Waals surface area (Å²) in [5, 5.41) is 17.4. The van der Waals surface area contributed by atoms with Crippen molar-refractivity contribution in [2.45, 2.75) is 38.2 Å². The van der Waals surface area contributed by atoms with Crippen molar-refractivity contribution in [2.75, 3.05) is 50.8 Å². The maximum atomic E-state index is 13.8. The fraction of sp³-hybridized carbons (Fsp3) is 0.480. The smallest absolute Gasteiger partial charge is 0.294 e. The van der Waals surface area contributed by atoms with Crippen LogP contribution in [0.25, 0.3) is 0 Å². The Balaban J connectivity index is 1.68. The summed E-state index contributed by atoms with van der Waals surface area (Å²) in [7, 11) is -2.88. The summed E-state index contributed by atoms with van der Waals surface area (Å²) in [4.78, 5) is 45.4. The number of carbonyl (C=O) groups is 2. The van der Waals surface area contributed by atoms with E-state index in [4.69, 9.17) is 17.7 Å². The average molecular weight is 597 g/mol. The molecule has 2 amide bonds. The Morgan fingerprint density at radius 3 is 2.58 bits per heavy atom. The summed E-state index contributed by atoms with van der Waals surface area (Å²) >= 11 is 3.25. The predicted octanol–water partition coefficient (Wildman–Crippen LogP) is 2.99. The van der Waals surface area contributed by atoms with E-state index in [0.29, 0.717) is 0 Å². The Kier molecular flexibility index (Phi) is 6.31. The van der Waals surface area contributed by atoms with Gasteiger partial charge in [0, 0.05) is 67.2 Å². The van der Waals surface area contributed by atoms with Gasteiger partial charge in [-0.1, -0.05) is 15.9 Å². The topological polar surface area (TPSA) is 139 Å². The van der Waals surface area contributed by atoms with Crippen LogP contribution in [0.4, 0.5) is 17.1 Å². The third kappa shape index (κ3) is 5.89. The van der Waals surface area contributed by atoms with E-state index in [9.17, 15) is 19.7 Å². The zero-order chi connectivity index (χ0) is 32.6. The molecule has 0 saturated carbocycles. The van der Waals surface area contributed by atoms with E-state index in [1.165, 1.54) is 40.4 Å². The summed E-state index contributed by atoms with van der Waals surface area (Å²) in [5.74, 6) is -1.10. The SMILES string of the molecule is [2H]C([2H])([2H])Nc1cncc(C(=O)N2C[C@H](Nc3c(C(=O)N4C[C@@H](C)O[C@@H](C)C4)cc(Br)cc3[N+](=O)[O-])[C@@H](OC([2H])([2H])[2H])C2)c1. The quantitative estimate of drug-likeness (QED) is 0.364. The molecule has 1 aromatic carbocycles. The number of methoxy groups -OCH3 is 1. The summed E-state index contributed by atoms with van der Waals surface area (Å²) < 4.78 is 56.4. The third-order valence-corrected chi connectivity index (χ3v) is 6.84. The molecule has 3 heterocycles. The number of carbonyl (C=O) groups excluding carboxylic acids is 2. The molecule has 204 valence electrons. The second-order valence-corrected chi connectivity index (χ2v) is 10.2. The average Bonchev–Trinajstić information content (AvgIpc) is 3.27. The highest BCUT2D eigenvalue weighted by Gasteiger charge is 2.39. The molecule has 0 radical (unpaired) electrons. The fourth-order valence-electron chi connectivity index (χ4n) is 4.76. The first-order valence-electron chi connectivity index (χ1n) is 14.8. The Bertz CT molecular complexity index is 1420. The molecule has 0 spiro atoms. The van der Waals surface area contributed by atoms with Crippen LogP contribution < -0.4 is 10.6 Å². The van der Waals surface area contributed by atoms with E-state index in [2.05, 4.69) is 31.5 Å². The van der Waals surface area contributed by atoms with Gasteiger partial charge in [0.1, 0.15) is 5.69 Å². The number of amides is 2. The van der Waals surface area contributed by atoms with Crippen LogP contribution in [0.5, 0.6) is 0 Å². The summed E-state index contributed by atoms with van der Waals surface area (Å²) in [6.45, 7) is 1.21. The molecule has 2 aromatic rings. The Morgan fingerprint density at radius 2 is 1.89 bits per heavy atom. The van der Waals surface area contributed by atoms with Crippen molar-refractivity contribution in [2.24, 2.45) is 0 Å². The van der Waals surface area contributed by atoms with Crippen LogP contribution in [0, 0.1) is 10.1 Å². The molecular formula is C25H31BrN6O6. The van der Waals surface area contributed by atoms with Gasteiger partial charge >= 0.3 is 0 Å². The fourth-order valence-corrected chi connectivity index (χ4v) is 5.21. The number of pyridine rings is 1. The lowest BCUT2D eigenvalue weighted by atomic mass is 10.1. The number of ether oxygens (including phenoxy) is 2. The molecule has 1 aromatic heterocycles. The van der Waals surface area contributed by atoms with Gasteiger partial charge in [0.05, 0.1) is 50.2 Å². The van der Waals surface area contributed by atoms with Crippen LogP contribution in [-0.2, 0) is 9.47 Å². The number of morpholine rings is 1. The van der Waals surface area contributed by atoms with E-state index in [-0.39, 0.29) is 65.4 Å². The second kappa shape index (κ2) is 11.6. The number of nitrogens with one attached hydrogen (secondary N) is 2. The van der Waals surface area contributed by atoms with Gasteiger partial charge in [-0.05, 0) is 26.0 Å². The van der Waals surface area contributed by atoms with Gasteiger partial charge in [-0.25, -0.2) is 0 Å². The van der Waals surface area contributed by atoms with Crippen LogP contribution in [0.15, 0.2) is 35.1 Å². The number of hydrogen-bond acceptors (Lipinski definition) is 9. The normalized spacial score (nSPS) is 26.3. The number of rotatable bonds is 7. The number of nitro benzene ring substituents is 1. The maximum Gasteiger partial charge on any atom is 0.294 e. The number of nitrogens with zero attached hydrogens (tertiary/aromatic N) is 4. The molecule has 12 nitrogen and oxygen atoms in total. The Labute approximate surface area is 237 Å². The molecule has 38 heavy (non-hydrogen) atoms. The number of anilines is 2. The number of halogens is 1. The minimum absolute atomic E-state index is 0.0218. The van der Waals surface area contributed by atoms with Crippen molar-refractivity contribution >= 4 is 44.8 Å². The van der Waals surface area contributed by atoms with E-state index >= 15 is 0 Å². The summed E-state index contributed by atoms with van der Waals surface area (Å²) in [6, 6.07) is 2.96. The van der Waals surface area contributed by atoms with Gasteiger partial charge < -0.3 is 29.9 Å². The second-order valence-electron chi connectivity index (χ2n) is 9.28. The molecule has 0 unspecified atom stereocenters. The Morgan fingerprint density at radius 1 is 1.16 bits per heavy atom. The van der Waals surface area contributed by atoms with Crippen molar-refractivity contribution < 1.29 is 32.2 Å². The van der Waals surface area contributed by atoms with Gasteiger partial charge in [-0.2, -0.15) is 0 Å². The first-order valence-corrected chi connectivity index (χ1v) is 12.6. The van der Waals surface area contributed by atoms with Crippen LogP contribution in [0.2, 0.25) is 0 Å². The zero-order valence-electron chi connectivity index (χ0n) is 26.6. The van der Waals surface area contributed by atoms with Crippen LogP contribution in [-0.4, -0.2) is 96.1 Å². The summed E-state index contributed by atoms with van der Waals surface area (Å²) in [6.07, 6.45) is 0.761. The molecule has 0 bridgehead atoms. The van der Waals surface area contributed by atoms with Crippen molar-refractivity contribution in [3.05, 3.63) is 56.3 Å². The standard InChI is InChI=1S/C25H31BrN6O6/c1-14-10-30(11-15(2)38-14)25(34)19-6-17(26)7-21(32(35)36)23(19)29-20-12-31(13-22(20)37-4)24(33)16-5-18(27-3)9-28-8-16/h5-9,14-15,20,22,27,29H,10-13H2,1-4H3/t14-,15+,20-,22-/m0/s1/i3D3,4D3. The number of benzene rings is 1. The number of nitro groups is 1. The molecule has 2 saturated heterocycles. The molecule has 2 aliphatic rings. The van der Waals surface area contributed by atoms with Gasteiger partial charge in [0.2, 0.25) is 0 Å². The Hall–Kier alpha value is -3.29. The molecule has 0 aliphatic carbocycles. The van der Waals surface area contributed by atoms with Gasteiger partial charge in [-0.15, -0.1) is 0 Å². The molecule has 2 fully saturated rings. The van der Waals surface area contributed by atoms with Gasteiger partial charge in [0.15, 0.2) is 0 Å². The number of hydrogen-bond donors (Lipinski definition) is 2. The number of aromatic nitrogens is 1. The number of likely N-dealkylation sites (tertiary alicyclic amines) is 1. The van der Waals surface area contributed by atoms with Crippen LogP contribution >= 0.6 is 15.9 Å². The monoisotopic (exact) mass is 596 g/mol. The van der Waals surface area contributed by atoms with Gasteiger partial charge in [0.25, 0.3) is 17.5 Å². The van der Waals surface area contributed by atoms with Crippen molar-refractivity contribution in [1.82, 2.24) is 14.8 Å². The minimum Gasteiger partial charge on any atom is -0.387 e. The van der Waals surface area contributed by atoms with Crippen molar-refractivity contribution in [1.29, 1.82) is 0 Å². The van der Waals surface area contributed by atoms with E-state index in [1.807, 2.05) is 13.8 Å². The minimum atomic E-state index is -2.88. The van der Waals surface area contributed by atoms with Gasteiger partial charge in [-0.3, -0.25) is 24.7 Å². The van der Waals surface area contributed by atoms with E-state index < -0.39 is 48.6 Å². The highest BCUT2D eigenvalue weighted by molar-refractivity contribution is 9.10. The zero-order valence-corrected chi connectivity index (χ0v) is 22.2. The van der Waals surface area contributed by atoms with Crippen LogP contribution in [0.1, 0.15) is 42.8 Å². The summed E-state index contributed by atoms with van der Waals surface area (Å²) in [5.41, 5.74) is -0.535. The highest BCUT2D eigenvalue weighted by Crippen LogP contribution is 2.35. The first-order chi connectivity index (χ1) is 20.4. The molecule has 13 heteroatoms. The largest absolute Gasteiger partial charge is 0.387 e. The predicted molar refractivity (Wildman–Crippen MR) is 145 cm³/mol. The van der Waals surface area contributed by atoms with Crippen molar-refractivity contribution in [3.8, 4) is 0 Å². The van der Waals surface area contributed by atoms with Crippen LogP contribution in [0.3, 0.4) is 0 Å². The van der Waals surface area contributed by atoms with E-state index in [0.717, 1.165) is 0 Å². The molecular weight excluding hydrogens is 560 g/mol. The molecule has 2 N–H and O–H groups in total. The third-order valence-electron chi connectivity index (χ3n) is 6.38. The van der Waals surface area contributed by atoms with E-state index in [1.54, 1.807) is 0 Å². The van der Waals surface area contributed by atoms with Crippen molar-refractivity contribution in [3.63, 3.8) is 0 Å². The highest BCUT2D eigenvalue weighted by atomic mass is 79.9. The molecule has 2 aliphatic heterocycles. The lowest BCUT2D eigenvalue weighted by Crippen LogP contribution is -2.48. The maximum absolute atomic E-state index is 13.8. The lowest BCUT2D eigenvalue weighted by Gasteiger charge is -2.35. The molecule has 4 rings (SSSR count).